The van der Waals surface area contributed by atoms with Crippen molar-refractivity contribution in [2.24, 2.45) is 0 Å². The van der Waals surface area contributed by atoms with Gasteiger partial charge in [0.25, 0.3) is 0 Å². The van der Waals surface area contributed by atoms with Crippen molar-refractivity contribution in [1.82, 2.24) is 0 Å². The van der Waals surface area contributed by atoms with Gasteiger partial charge in [0.05, 0.1) is 0 Å². The van der Waals surface area contributed by atoms with Crippen LogP contribution in [-0.4, -0.2) is 25.0 Å². The molecule has 0 aliphatic heterocycles. The first-order valence-corrected chi connectivity index (χ1v) is 6.32. The normalized spacial score (nSPS) is 10.2. The zero-order chi connectivity index (χ0) is 12.5. The zero-order valence-corrected chi connectivity index (χ0v) is 10.8. The molecule has 1 rings (SSSR count). The van der Waals surface area contributed by atoms with E-state index in [0.717, 1.165) is 18.5 Å². The van der Waals surface area contributed by atoms with Crippen LogP contribution in [0.5, 0.6) is 0 Å². The van der Waals surface area contributed by atoms with E-state index in [2.05, 4.69) is 5.32 Å². The lowest BCUT2D eigenvalue weighted by Gasteiger charge is -2.06. The molecule has 1 amide bonds. The van der Waals surface area contributed by atoms with Crippen molar-refractivity contribution in [3.63, 3.8) is 0 Å². The summed E-state index contributed by atoms with van der Waals surface area (Å²) < 4.78 is 5.15. The minimum absolute atomic E-state index is 0.108. The molecule has 0 saturated carbocycles. The van der Waals surface area contributed by atoms with Gasteiger partial charge >= 0.3 is 0 Å². The summed E-state index contributed by atoms with van der Waals surface area (Å²) in [5, 5.41) is 2.77. The summed E-state index contributed by atoms with van der Waals surface area (Å²) in [6.07, 6.45) is 1.76. The third kappa shape index (κ3) is 5.71. The van der Waals surface area contributed by atoms with Gasteiger partial charge in [0, 0.05) is 18.2 Å². The van der Waals surface area contributed by atoms with Crippen molar-refractivity contribution in [3.8, 4) is 0 Å². The number of aryl methyl sites for hydroxylation is 1. The maximum absolute atomic E-state index is 11.4. The monoisotopic (exact) mass is 255 g/mol. The lowest BCUT2D eigenvalue weighted by atomic mass is 10.1. The van der Waals surface area contributed by atoms with Crippen molar-refractivity contribution in [1.29, 1.82) is 0 Å². The molecule has 3 nitrogen and oxygen atoms in total. The molecule has 0 heterocycles. The van der Waals surface area contributed by atoms with E-state index in [1.54, 1.807) is 0 Å². The molecule has 94 valence electrons. The van der Waals surface area contributed by atoms with Crippen LogP contribution in [0.25, 0.3) is 0 Å². The second-order valence-corrected chi connectivity index (χ2v) is 4.11. The van der Waals surface area contributed by atoms with Gasteiger partial charge < -0.3 is 10.1 Å². The number of carbonyl (C=O) groups is 1. The first kappa shape index (κ1) is 14.0. The fraction of sp³-hybridized carbons (Fsp3) is 0.462. The Morgan fingerprint density at radius 1 is 1.35 bits per heavy atom. The number of ether oxygens (including phenoxy) is 1. The van der Waals surface area contributed by atoms with E-state index in [1.165, 1.54) is 5.56 Å². The van der Waals surface area contributed by atoms with E-state index in [1.807, 2.05) is 31.2 Å². The van der Waals surface area contributed by atoms with Gasteiger partial charge in [-0.05, 0) is 30.5 Å². The molecule has 4 heteroatoms. The number of rotatable bonds is 7. The van der Waals surface area contributed by atoms with E-state index >= 15 is 0 Å². The molecule has 0 bridgehead atoms. The van der Waals surface area contributed by atoms with Crippen LogP contribution < -0.4 is 5.32 Å². The van der Waals surface area contributed by atoms with Gasteiger partial charge in [-0.2, -0.15) is 0 Å². The molecular weight excluding hydrogens is 238 g/mol. The van der Waals surface area contributed by atoms with Crippen molar-refractivity contribution in [2.75, 3.05) is 24.4 Å². The molecule has 17 heavy (non-hydrogen) atoms. The van der Waals surface area contributed by atoms with Crippen LogP contribution >= 0.6 is 11.6 Å². The van der Waals surface area contributed by atoms with Gasteiger partial charge in [-0.25, -0.2) is 0 Å². The molecule has 0 radical (unpaired) electrons. The zero-order valence-electron chi connectivity index (χ0n) is 10.0. The van der Waals surface area contributed by atoms with Crippen LogP contribution in [-0.2, 0) is 16.0 Å². The van der Waals surface area contributed by atoms with Gasteiger partial charge in [-0.1, -0.05) is 19.1 Å². The van der Waals surface area contributed by atoms with Crippen LogP contribution in [0, 0.1) is 0 Å². The number of nitrogens with one attached hydrogen (secondary N) is 1. The fourth-order valence-electron chi connectivity index (χ4n) is 1.37. The van der Waals surface area contributed by atoms with Gasteiger partial charge in [0.1, 0.15) is 6.61 Å². The summed E-state index contributed by atoms with van der Waals surface area (Å²) in [6.45, 7) is 2.73. The van der Waals surface area contributed by atoms with Crippen LogP contribution in [0.4, 0.5) is 5.69 Å². The maximum atomic E-state index is 11.4. The fourth-order valence-corrected chi connectivity index (χ4v) is 1.59. The van der Waals surface area contributed by atoms with Crippen LogP contribution in [0.15, 0.2) is 24.3 Å². The first-order valence-electron chi connectivity index (χ1n) is 5.78. The molecular formula is C13H18ClNO2. The Bertz CT molecular complexity index is 338. The quantitative estimate of drug-likeness (QED) is 0.601. The molecule has 0 aliphatic carbocycles. The third-order valence-electron chi connectivity index (χ3n) is 2.20. The highest BCUT2D eigenvalue weighted by Crippen LogP contribution is 2.10. The van der Waals surface area contributed by atoms with Gasteiger partial charge in [0.15, 0.2) is 0 Å². The Labute approximate surface area is 107 Å². The van der Waals surface area contributed by atoms with Crippen molar-refractivity contribution in [2.45, 2.75) is 19.8 Å². The summed E-state index contributed by atoms with van der Waals surface area (Å²) in [5.74, 6) is 0.486. The van der Waals surface area contributed by atoms with Crippen molar-refractivity contribution in [3.05, 3.63) is 29.8 Å². The molecule has 1 aromatic rings. The summed E-state index contributed by atoms with van der Waals surface area (Å²) in [5.41, 5.74) is 1.95. The molecule has 0 saturated heterocycles. The van der Waals surface area contributed by atoms with Crippen LogP contribution in [0.3, 0.4) is 0 Å². The predicted octanol–water partition coefficient (Wildman–Crippen LogP) is 2.83. The minimum atomic E-state index is -0.122. The van der Waals surface area contributed by atoms with Gasteiger partial charge in [-0.15, -0.1) is 11.6 Å². The van der Waals surface area contributed by atoms with E-state index < -0.39 is 0 Å². The Morgan fingerprint density at radius 2 is 2.06 bits per heavy atom. The molecule has 0 aliphatic rings. The number of amides is 1. The lowest BCUT2D eigenvalue weighted by molar-refractivity contribution is -0.120. The number of carbonyl (C=O) groups excluding carboxylic acids is 1. The highest BCUT2D eigenvalue weighted by molar-refractivity contribution is 6.17. The third-order valence-corrected chi connectivity index (χ3v) is 2.39. The summed E-state index contributed by atoms with van der Waals surface area (Å²) in [6, 6.07) is 7.68. The molecule has 0 aromatic heterocycles. The molecule has 0 unspecified atom stereocenters. The first-order chi connectivity index (χ1) is 8.26. The second-order valence-electron chi connectivity index (χ2n) is 3.74. The smallest absolute Gasteiger partial charge is 0.250 e. The average Bonchev–Trinajstić information content (AvgIpc) is 2.32. The summed E-state index contributed by atoms with van der Waals surface area (Å²) >= 11 is 5.64. The Hall–Kier alpha value is -1.06. The number of alkyl halides is 1. The Kier molecular flexibility index (Phi) is 6.67. The minimum Gasteiger partial charge on any atom is -0.372 e. The number of halogens is 1. The van der Waals surface area contributed by atoms with E-state index in [4.69, 9.17) is 16.3 Å². The van der Waals surface area contributed by atoms with E-state index in [-0.39, 0.29) is 12.5 Å². The highest BCUT2D eigenvalue weighted by Gasteiger charge is 2.02. The molecule has 0 spiro atoms. The Morgan fingerprint density at radius 3 is 2.65 bits per heavy atom. The molecule has 0 fully saturated rings. The number of hydrogen-bond acceptors (Lipinski definition) is 2. The van der Waals surface area contributed by atoms with E-state index in [0.29, 0.717) is 12.5 Å². The van der Waals surface area contributed by atoms with Crippen molar-refractivity contribution >= 4 is 23.2 Å². The molecule has 1 aromatic carbocycles. The van der Waals surface area contributed by atoms with Gasteiger partial charge in [0.2, 0.25) is 5.91 Å². The molecule has 0 atom stereocenters. The lowest BCUT2D eigenvalue weighted by Crippen LogP contribution is -2.18. The standard InChI is InChI=1S/C13H18ClNO2/c1-2-9-17-10-13(16)15-12-5-3-11(4-6-12)7-8-14/h3-6H,2,7-10H2,1H3,(H,15,16). The largest absolute Gasteiger partial charge is 0.372 e. The number of anilines is 1. The highest BCUT2D eigenvalue weighted by atomic mass is 35.5. The van der Waals surface area contributed by atoms with Gasteiger partial charge in [-0.3, -0.25) is 4.79 Å². The van der Waals surface area contributed by atoms with Crippen LogP contribution in [0.1, 0.15) is 18.9 Å². The average molecular weight is 256 g/mol. The summed E-state index contributed by atoms with van der Waals surface area (Å²) in [7, 11) is 0. The number of benzene rings is 1. The van der Waals surface area contributed by atoms with Crippen molar-refractivity contribution < 1.29 is 9.53 Å². The number of hydrogen-bond donors (Lipinski definition) is 1. The topological polar surface area (TPSA) is 38.3 Å². The summed E-state index contributed by atoms with van der Waals surface area (Å²) in [4.78, 5) is 11.4. The maximum Gasteiger partial charge on any atom is 0.250 e. The predicted molar refractivity (Wildman–Crippen MR) is 70.6 cm³/mol. The van der Waals surface area contributed by atoms with Crippen LogP contribution in [0.2, 0.25) is 0 Å². The van der Waals surface area contributed by atoms with E-state index in [9.17, 15) is 4.79 Å². The SMILES string of the molecule is CCCOCC(=O)Nc1ccc(CCCl)cc1. The second kappa shape index (κ2) is 8.09. The molecule has 1 N–H and O–H groups in total. The Balaban J connectivity index is 2.37.